The summed E-state index contributed by atoms with van der Waals surface area (Å²) in [4.78, 5) is 4.43. The Morgan fingerprint density at radius 1 is 1.14 bits per heavy atom. The summed E-state index contributed by atoms with van der Waals surface area (Å²) in [5.74, 6) is -2.04. The Hall–Kier alpha value is -2.05. The minimum atomic E-state index is -1.70. The molecule has 0 fully saturated rings. The Bertz CT molecular complexity index is 977. The number of nitrogens with one attached hydrogen (secondary N) is 1. The van der Waals surface area contributed by atoms with E-state index in [-0.39, 0.29) is 4.90 Å². The van der Waals surface area contributed by atoms with Gasteiger partial charge in [0.15, 0.2) is 22.6 Å². The first-order valence-electron chi connectivity index (χ1n) is 6.31. The van der Waals surface area contributed by atoms with E-state index in [9.17, 15) is 13.0 Å². The number of fused-ring (bicyclic) bond motifs is 5. The maximum absolute atomic E-state index is 13.6. The minimum absolute atomic E-state index is 0.178. The molecule has 4 rings (SSSR count). The molecule has 1 N–H and O–H groups in total. The number of hydrogen-bond acceptors (Lipinski definition) is 2. The summed E-state index contributed by atoms with van der Waals surface area (Å²) in [6.45, 7) is 0. The van der Waals surface area contributed by atoms with Crippen LogP contribution in [-0.4, -0.2) is 9.19 Å². The maximum atomic E-state index is 13.6. The van der Waals surface area contributed by atoms with E-state index in [0.717, 1.165) is 12.1 Å². The van der Waals surface area contributed by atoms with Gasteiger partial charge in [-0.15, -0.1) is 0 Å². The zero-order valence-electron chi connectivity index (χ0n) is 10.9. The molecule has 110 valence electrons. The third kappa shape index (κ3) is 1.84. The van der Waals surface area contributed by atoms with Crippen LogP contribution in [0, 0.1) is 11.6 Å². The normalized spacial score (nSPS) is 16.0. The van der Waals surface area contributed by atoms with E-state index in [4.69, 9.17) is 11.6 Å². The van der Waals surface area contributed by atoms with Crippen LogP contribution in [0.5, 0.6) is 0 Å². The summed E-state index contributed by atoms with van der Waals surface area (Å²) < 4.78 is 42.1. The van der Waals surface area contributed by atoms with Crippen molar-refractivity contribution in [2.75, 3.05) is 4.72 Å². The Morgan fingerprint density at radius 3 is 2.73 bits per heavy atom. The number of benzene rings is 2. The summed E-state index contributed by atoms with van der Waals surface area (Å²) in [6, 6.07) is 7.14. The molecule has 1 unspecified atom stereocenters. The van der Waals surface area contributed by atoms with Crippen molar-refractivity contribution < 1.29 is 13.0 Å². The third-order valence-electron chi connectivity index (χ3n) is 3.55. The summed E-state index contributed by atoms with van der Waals surface area (Å²) >= 11 is 6.26. The highest BCUT2D eigenvalue weighted by Gasteiger charge is 2.26. The number of hydrogen-bond donors (Lipinski definition) is 1. The molecule has 22 heavy (non-hydrogen) atoms. The highest BCUT2D eigenvalue weighted by atomic mass is 35.5. The number of anilines is 1. The van der Waals surface area contributed by atoms with Gasteiger partial charge in [0.1, 0.15) is 0 Å². The van der Waals surface area contributed by atoms with E-state index >= 15 is 0 Å². The van der Waals surface area contributed by atoms with Crippen molar-refractivity contribution >= 4 is 39.2 Å². The first-order chi connectivity index (χ1) is 10.6. The van der Waals surface area contributed by atoms with Crippen molar-refractivity contribution in [3.63, 3.8) is 0 Å². The quantitative estimate of drug-likeness (QED) is 0.665. The van der Waals surface area contributed by atoms with Crippen LogP contribution >= 0.6 is 11.6 Å². The summed E-state index contributed by atoms with van der Waals surface area (Å²) in [7, 11) is -1.70. The summed E-state index contributed by atoms with van der Waals surface area (Å²) in [5, 5.41) is 1.13. The fraction of sp³-hybridized carbons (Fsp3) is 0. The SMILES string of the molecule is O=S1Nc2c(cc(Cl)c3cccnc23)-c2cc(F)c(F)cc21. The van der Waals surface area contributed by atoms with Crippen LogP contribution in [0.1, 0.15) is 0 Å². The van der Waals surface area contributed by atoms with Crippen LogP contribution in [0.2, 0.25) is 5.02 Å². The fourth-order valence-electron chi connectivity index (χ4n) is 2.56. The molecule has 3 nitrogen and oxygen atoms in total. The lowest BCUT2D eigenvalue weighted by Crippen LogP contribution is -2.14. The average Bonchev–Trinajstić information content (AvgIpc) is 2.51. The number of pyridine rings is 1. The van der Waals surface area contributed by atoms with Gasteiger partial charge in [0.05, 0.1) is 21.1 Å². The molecule has 1 aliphatic rings. The standard InChI is InChI=1S/C15H7ClF2N2OS/c16-10-4-9-8-5-11(17)12(18)6-13(8)22(21)20-15(9)14-7(10)2-1-3-19-14/h1-6,20H. The van der Waals surface area contributed by atoms with Gasteiger partial charge in [0.25, 0.3) is 0 Å². The smallest absolute Gasteiger partial charge is 0.160 e. The van der Waals surface area contributed by atoms with Gasteiger partial charge in [-0.1, -0.05) is 11.6 Å². The molecule has 1 aliphatic heterocycles. The monoisotopic (exact) mass is 336 g/mol. The van der Waals surface area contributed by atoms with Crippen molar-refractivity contribution in [3.05, 3.63) is 53.2 Å². The van der Waals surface area contributed by atoms with Crippen molar-refractivity contribution in [2.45, 2.75) is 4.90 Å². The van der Waals surface area contributed by atoms with Gasteiger partial charge in [-0.25, -0.2) is 13.0 Å². The summed E-state index contributed by atoms with van der Waals surface area (Å²) in [6.07, 6.45) is 1.59. The molecule has 2 aromatic carbocycles. The Labute approximate surface area is 131 Å². The molecule has 0 radical (unpaired) electrons. The second-order valence-electron chi connectivity index (χ2n) is 4.81. The lowest BCUT2D eigenvalue weighted by molar-refractivity contribution is 0.506. The average molecular weight is 337 g/mol. The van der Waals surface area contributed by atoms with Gasteiger partial charge < -0.3 is 0 Å². The zero-order chi connectivity index (χ0) is 15.4. The maximum Gasteiger partial charge on any atom is 0.160 e. The van der Waals surface area contributed by atoms with E-state index in [1.54, 1.807) is 24.4 Å². The lowest BCUT2D eigenvalue weighted by Gasteiger charge is -2.22. The molecule has 1 aromatic heterocycles. The van der Waals surface area contributed by atoms with E-state index in [2.05, 4.69) is 9.71 Å². The van der Waals surface area contributed by atoms with E-state index in [0.29, 0.717) is 32.7 Å². The van der Waals surface area contributed by atoms with Crippen molar-refractivity contribution in [3.8, 4) is 11.1 Å². The number of rotatable bonds is 0. The topological polar surface area (TPSA) is 42.0 Å². The first kappa shape index (κ1) is 13.6. The van der Waals surface area contributed by atoms with Gasteiger partial charge in [-0.3, -0.25) is 9.71 Å². The van der Waals surface area contributed by atoms with E-state index in [1.807, 2.05) is 0 Å². The van der Waals surface area contributed by atoms with Crippen LogP contribution in [0.4, 0.5) is 14.5 Å². The predicted octanol–water partition coefficient (Wildman–Crippen LogP) is 4.28. The van der Waals surface area contributed by atoms with Crippen LogP contribution < -0.4 is 4.72 Å². The van der Waals surface area contributed by atoms with Crippen LogP contribution in [0.15, 0.2) is 41.4 Å². The van der Waals surface area contributed by atoms with E-state index < -0.39 is 22.6 Å². The Morgan fingerprint density at radius 2 is 1.91 bits per heavy atom. The molecular weight excluding hydrogens is 330 g/mol. The molecule has 0 spiro atoms. The molecule has 0 saturated heterocycles. The van der Waals surface area contributed by atoms with Crippen molar-refractivity contribution in [2.24, 2.45) is 0 Å². The Kier molecular flexibility index (Phi) is 2.92. The molecule has 0 aliphatic carbocycles. The van der Waals surface area contributed by atoms with Crippen LogP contribution in [-0.2, 0) is 11.0 Å². The Balaban J connectivity index is 2.14. The molecule has 0 amide bonds. The molecule has 7 heteroatoms. The second kappa shape index (κ2) is 4.72. The lowest BCUT2D eigenvalue weighted by atomic mass is 10.0. The van der Waals surface area contributed by atoms with Gasteiger partial charge in [0.2, 0.25) is 0 Å². The molecule has 0 saturated carbocycles. The molecule has 1 atom stereocenters. The predicted molar refractivity (Wildman–Crippen MR) is 82.1 cm³/mol. The van der Waals surface area contributed by atoms with Gasteiger partial charge in [-0.2, -0.15) is 0 Å². The highest BCUT2D eigenvalue weighted by Crippen LogP contribution is 2.44. The van der Waals surface area contributed by atoms with Gasteiger partial charge in [-0.05, 0) is 30.3 Å². The van der Waals surface area contributed by atoms with Gasteiger partial charge in [0, 0.05) is 22.7 Å². The van der Waals surface area contributed by atoms with E-state index in [1.165, 1.54) is 0 Å². The molecule has 0 bridgehead atoms. The fourth-order valence-corrected chi connectivity index (χ4v) is 3.90. The molecule has 3 aromatic rings. The number of aromatic nitrogens is 1. The highest BCUT2D eigenvalue weighted by molar-refractivity contribution is 7.86. The van der Waals surface area contributed by atoms with Gasteiger partial charge >= 0.3 is 0 Å². The molecular formula is C15H7ClF2N2OS. The van der Waals surface area contributed by atoms with Crippen LogP contribution in [0.25, 0.3) is 22.0 Å². The van der Waals surface area contributed by atoms with Crippen LogP contribution in [0.3, 0.4) is 0 Å². The second-order valence-corrected chi connectivity index (χ2v) is 6.40. The van der Waals surface area contributed by atoms with Crippen molar-refractivity contribution in [1.29, 1.82) is 0 Å². The number of halogens is 3. The summed E-state index contributed by atoms with van der Waals surface area (Å²) in [5.41, 5.74) is 1.93. The minimum Gasteiger partial charge on any atom is -0.298 e. The number of nitrogens with zero attached hydrogens (tertiary/aromatic N) is 1. The zero-order valence-corrected chi connectivity index (χ0v) is 12.4. The first-order valence-corrected chi connectivity index (χ1v) is 7.84. The van der Waals surface area contributed by atoms with Crippen molar-refractivity contribution in [1.82, 2.24) is 4.98 Å². The molecule has 2 heterocycles. The largest absolute Gasteiger partial charge is 0.298 e. The third-order valence-corrected chi connectivity index (χ3v) is 4.99.